The van der Waals surface area contributed by atoms with E-state index >= 15 is 0 Å². The van der Waals surface area contributed by atoms with Crippen molar-refractivity contribution in [3.8, 4) is 0 Å². The zero-order chi connectivity index (χ0) is 14.6. The van der Waals surface area contributed by atoms with Crippen molar-refractivity contribution >= 4 is 0 Å². The number of alkyl halides is 3. The van der Waals surface area contributed by atoms with Crippen molar-refractivity contribution in [3.63, 3.8) is 0 Å². The number of halogens is 3. The lowest BCUT2D eigenvalue weighted by Gasteiger charge is -2.27. The quantitative estimate of drug-likeness (QED) is 0.925. The maximum absolute atomic E-state index is 12.5. The minimum absolute atomic E-state index is 0.300. The Kier molecular flexibility index (Phi) is 5.01. The standard InChI is InChI=1S/C14H17F3O3/c15-14(16,17)11-6-4-10(5-7-11)12(9-18)20-13-3-1-2-8-19-13/h4-7,12-13,18H,1-3,8-9H2/t12-,13?/m0/s1. The highest BCUT2D eigenvalue weighted by atomic mass is 19.4. The third kappa shape index (κ3) is 3.94. The van der Waals surface area contributed by atoms with Gasteiger partial charge in [0.25, 0.3) is 0 Å². The third-order valence-electron chi connectivity index (χ3n) is 3.23. The van der Waals surface area contributed by atoms with Gasteiger partial charge in [0.1, 0.15) is 6.10 Å². The fraction of sp³-hybridized carbons (Fsp3) is 0.571. The van der Waals surface area contributed by atoms with Gasteiger partial charge in [0.2, 0.25) is 0 Å². The Morgan fingerprint density at radius 1 is 1.25 bits per heavy atom. The van der Waals surface area contributed by atoms with Crippen molar-refractivity contribution in [2.24, 2.45) is 0 Å². The Labute approximate surface area is 115 Å². The van der Waals surface area contributed by atoms with Crippen LogP contribution in [-0.2, 0) is 15.7 Å². The SMILES string of the molecule is OC[C@H](OC1CCCCO1)c1ccc(C(F)(F)F)cc1. The molecule has 112 valence electrons. The van der Waals surface area contributed by atoms with Crippen molar-refractivity contribution < 1.29 is 27.8 Å². The van der Waals surface area contributed by atoms with Gasteiger partial charge in [-0.25, -0.2) is 0 Å². The summed E-state index contributed by atoms with van der Waals surface area (Å²) in [5, 5.41) is 9.34. The van der Waals surface area contributed by atoms with E-state index < -0.39 is 24.1 Å². The molecule has 0 radical (unpaired) electrons. The molecule has 0 saturated carbocycles. The van der Waals surface area contributed by atoms with Crippen LogP contribution in [0.25, 0.3) is 0 Å². The zero-order valence-corrected chi connectivity index (χ0v) is 10.9. The molecular formula is C14H17F3O3. The topological polar surface area (TPSA) is 38.7 Å². The van der Waals surface area contributed by atoms with Crippen LogP contribution in [0.15, 0.2) is 24.3 Å². The van der Waals surface area contributed by atoms with Gasteiger partial charge < -0.3 is 14.6 Å². The Bertz CT molecular complexity index is 411. The van der Waals surface area contributed by atoms with Crippen molar-refractivity contribution in [2.75, 3.05) is 13.2 Å². The molecule has 0 aromatic heterocycles. The summed E-state index contributed by atoms with van der Waals surface area (Å²) >= 11 is 0. The smallest absolute Gasteiger partial charge is 0.393 e. The Morgan fingerprint density at radius 2 is 1.95 bits per heavy atom. The molecule has 6 heteroatoms. The van der Waals surface area contributed by atoms with Crippen LogP contribution in [-0.4, -0.2) is 24.6 Å². The second kappa shape index (κ2) is 6.56. The Morgan fingerprint density at radius 3 is 2.45 bits per heavy atom. The molecular weight excluding hydrogens is 273 g/mol. The maximum Gasteiger partial charge on any atom is 0.416 e. The van der Waals surface area contributed by atoms with Crippen LogP contribution in [0.2, 0.25) is 0 Å². The molecule has 1 aromatic carbocycles. The third-order valence-corrected chi connectivity index (χ3v) is 3.23. The summed E-state index contributed by atoms with van der Waals surface area (Å²) in [4.78, 5) is 0. The van der Waals surface area contributed by atoms with Crippen LogP contribution in [0.1, 0.15) is 36.5 Å². The van der Waals surface area contributed by atoms with E-state index in [0.29, 0.717) is 12.2 Å². The molecule has 1 unspecified atom stereocenters. The van der Waals surface area contributed by atoms with Gasteiger partial charge in [0.05, 0.1) is 12.2 Å². The van der Waals surface area contributed by atoms with Crippen LogP contribution in [0.3, 0.4) is 0 Å². The number of ether oxygens (including phenoxy) is 2. The number of aliphatic hydroxyl groups is 1. The first-order valence-electron chi connectivity index (χ1n) is 6.56. The molecule has 20 heavy (non-hydrogen) atoms. The molecule has 1 saturated heterocycles. The summed E-state index contributed by atoms with van der Waals surface area (Å²) < 4.78 is 48.4. The van der Waals surface area contributed by atoms with Crippen LogP contribution in [0.4, 0.5) is 13.2 Å². The average molecular weight is 290 g/mol. The predicted molar refractivity (Wildman–Crippen MR) is 65.9 cm³/mol. The summed E-state index contributed by atoms with van der Waals surface area (Å²) in [6.45, 7) is 0.307. The van der Waals surface area contributed by atoms with Crippen LogP contribution in [0, 0.1) is 0 Å². The minimum Gasteiger partial charge on any atom is -0.393 e. The van der Waals surface area contributed by atoms with Crippen LogP contribution in [0.5, 0.6) is 0 Å². The lowest BCUT2D eigenvalue weighted by molar-refractivity contribution is -0.196. The normalized spacial score (nSPS) is 21.7. The zero-order valence-electron chi connectivity index (χ0n) is 10.9. The summed E-state index contributed by atoms with van der Waals surface area (Å²) in [5.41, 5.74) is -0.207. The molecule has 1 aliphatic heterocycles. The van der Waals surface area contributed by atoms with E-state index in [1.807, 2.05) is 0 Å². The van der Waals surface area contributed by atoms with E-state index in [2.05, 4.69) is 0 Å². The second-order valence-electron chi connectivity index (χ2n) is 4.72. The monoisotopic (exact) mass is 290 g/mol. The fourth-order valence-corrected chi connectivity index (χ4v) is 2.12. The predicted octanol–water partition coefficient (Wildman–Crippen LogP) is 3.28. The Balaban J connectivity index is 2.03. The lowest BCUT2D eigenvalue weighted by Crippen LogP contribution is -2.25. The number of aliphatic hydroxyl groups excluding tert-OH is 1. The molecule has 0 aliphatic carbocycles. The molecule has 0 bridgehead atoms. The highest BCUT2D eigenvalue weighted by Gasteiger charge is 2.30. The summed E-state index contributed by atoms with van der Waals surface area (Å²) in [5.74, 6) is 0. The van der Waals surface area contributed by atoms with Gasteiger partial charge in [-0.1, -0.05) is 12.1 Å². The molecule has 1 fully saturated rings. The molecule has 1 aromatic rings. The van der Waals surface area contributed by atoms with Crippen molar-refractivity contribution in [3.05, 3.63) is 35.4 Å². The van der Waals surface area contributed by atoms with E-state index in [0.717, 1.165) is 31.4 Å². The van der Waals surface area contributed by atoms with E-state index in [4.69, 9.17) is 9.47 Å². The highest BCUT2D eigenvalue weighted by Crippen LogP contribution is 2.31. The maximum atomic E-state index is 12.5. The number of rotatable bonds is 4. The fourth-order valence-electron chi connectivity index (χ4n) is 2.12. The second-order valence-corrected chi connectivity index (χ2v) is 4.72. The average Bonchev–Trinajstić information content (AvgIpc) is 2.45. The Hall–Kier alpha value is -1.11. The molecule has 1 heterocycles. The van der Waals surface area contributed by atoms with Gasteiger partial charge in [0, 0.05) is 6.61 Å². The first-order valence-corrected chi connectivity index (χ1v) is 6.56. The molecule has 0 amide bonds. The molecule has 2 rings (SSSR count). The number of hydrogen-bond acceptors (Lipinski definition) is 3. The largest absolute Gasteiger partial charge is 0.416 e. The van der Waals surface area contributed by atoms with Gasteiger partial charge in [-0.15, -0.1) is 0 Å². The number of hydrogen-bond donors (Lipinski definition) is 1. The molecule has 3 nitrogen and oxygen atoms in total. The van der Waals surface area contributed by atoms with Gasteiger partial charge in [0.15, 0.2) is 6.29 Å². The van der Waals surface area contributed by atoms with Gasteiger partial charge >= 0.3 is 6.18 Å². The van der Waals surface area contributed by atoms with E-state index in [-0.39, 0.29) is 6.61 Å². The van der Waals surface area contributed by atoms with Crippen molar-refractivity contribution in [1.29, 1.82) is 0 Å². The van der Waals surface area contributed by atoms with Crippen LogP contribution >= 0.6 is 0 Å². The van der Waals surface area contributed by atoms with E-state index in [9.17, 15) is 18.3 Å². The van der Waals surface area contributed by atoms with Gasteiger partial charge in [-0.05, 0) is 37.0 Å². The van der Waals surface area contributed by atoms with Gasteiger partial charge in [-0.2, -0.15) is 13.2 Å². The summed E-state index contributed by atoms with van der Waals surface area (Å²) in [6.07, 6.45) is -2.74. The first-order chi connectivity index (χ1) is 9.50. The molecule has 1 aliphatic rings. The van der Waals surface area contributed by atoms with Crippen molar-refractivity contribution in [2.45, 2.75) is 37.8 Å². The van der Waals surface area contributed by atoms with Crippen LogP contribution < -0.4 is 0 Å². The lowest BCUT2D eigenvalue weighted by atomic mass is 10.1. The van der Waals surface area contributed by atoms with E-state index in [1.54, 1.807) is 0 Å². The van der Waals surface area contributed by atoms with E-state index in [1.165, 1.54) is 12.1 Å². The highest BCUT2D eigenvalue weighted by molar-refractivity contribution is 5.26. The minimum atomic E-state index is -4.36. The molecule has 0 spiro atoms. The summed E-state index contributed by atoms with van der Waals surface area (Å²) in [6, 6.07) is 4.63. The number of benzene rings is 1. The first kappa shape index (κ1) is 15.3. The molecule has 1 N–H and O–H groups in total. The van der Waals surface area contributed by atoms with Gasteiger partial charge in [-0.3, -0.25) is 0 Å². The molecule has 2 atom stereocenters. The summed E-state index contributed by atoms with van der Waals surface area (Å²) in [7, 11) is 0. The van der Waals surface area contributed by atoms with Crippen molar-refractivity contribution in [1.82, 2.24) is 0 Å².